The predicted octanol–water partition coefficient (Wildman–Crippen LogP) is 2.33. The summed E-state index contributed by atoms with van der Waals surface area (Å²) < 4.78 is 41.6. The minimum atomic E-state index is -4.47. The van der Waals surface area contributed by atoms with Gasteiger partial charge in [0, 0.05) is 24.7 Å². The number of carbonyl (C=O) groups is 2. The minimum absolute atomic E-state index is 0.0156. The summed E-state index contributed by atoms with van der Waals surface area (Å²) in [4.78, 5) is 32.3. The number of carbonyl (C=O) groups excluding carboxylic acids is 2. The lowest BCUT2D eigenvalue weighted by atomic mass is 9.91. The molecule has 2 fully saturated rings. The van der Waals surface area contributed by atoms with Crippen LogP contribution >= 0.6 is 0 Å². The summed E-state index contributed by atoms with van der Waals surface area (Å²) in [5.41, 5.74) is 0.448. The van der Waals surface area contributed by atoms with Crippen LogP contribution < -0.4 is 15.3 Å². The number of H-pyrrole nitrogens is 1. The maximum Gasteiger partial charge on any atom is 0.389 e. The van der Waals surface area contributed by atoms with E-state index in [-0.39, 0.29) is 31.3 Å². The van der Waals surface area contributed by atoms with Gasteiger partial charge in [0.2, 0.25) is 11.7 Å². The Morgan fingerprint density at radius 3 is 2.66 bits per heavy atom. The van der Waals surface area contributed by atoms with Crippen molar-refractivity contribution in [2.75, 3.05) is 25.0 Å². The molecule has 0 aromatic carbocycles. The first-order valence-electron chi connectivity index (χ1n) is 11.6. The molecule has 0 spiro atoms. The van der Waals surface area contributed by atoms with E-state index in [9.17, 15) is 28.0 Å². The maximum atomic E-state index is 13.2. The lowest BCUT2D eigenvalue weighted by Gasteiger charge is -2.44. The number of aromatic nitrogens is 4. The highest BCUT2D eigenvalue weighted by molar-refractivity contribution is 6.36. The maximum absolute atomic E-state index is 13.2. The molecule has 2 aliphatic rings. The number of hydrogen-bond acceptors (Lipinski definition) is 8. The van der Waals surface area contributed by atoms with Crippen molar-refractivity contribution in [1.82, 2.24) is 30.1 Å². The number of morpholine rings is 1. The van der Waals surface area contributed by atoms with Gasteiger partial charge in [-0.15, -0.1) is 5.10 Å². The predicted molar refractivity (Wildman–Crippen MR) is 120 cm³/mol. The van der Waals surface area contributed by atoms with E-state index in [4.69, 9.17) is 4.74 Å². The third-order valence-electron chi connectivity index (χ3n) is 6.37. The molecule has 192 valence electrons. The molecule has 35 heavy (non-hydrogen) atoms. The first-order chi connectivity index (χ1) is 16.5. The lowest BCUT2D eigenvalue weighted by Crippen LogP contribution is -2.54. The molecule has 2 aromatic rings. The molecular formula is C21H28F3N7O4. The fourth-order valence-corrected chi connectivity index (χ4v) is 4.53. The van der Waals surface area contributed by atoms with Crippen molar-refractivity contribution in [1.29, 1.82) is 0 Å². The van der Waals surface area contributed by atoms with Crippen molar-refractivity contribution in [2.24, 2.45) is 0 Å². The number of ether oxygens (including phenoxy) is 1. The molecule has 1 aliphatic carbocycles. The van der Waals surface area contributed by atoms with Crippen LogP contribution in [0.15, 0.2) is 6.20 Å². The van der Waals surface area contributed by atoms with Gasteiger partial charge in [0.15, 0.2) is 5.65 Å². The van der Waals surface area contributed by atoms with Crippen LogP contribution in [0.2, 0.25) is 0 Å². The molecule has 2 atom stereocenters. The van der Waals surface area contributed by atoms with Gasteiger partial charge in [0.1, 0.15) is 24.6 Å². The van der Waals surface area contributed by atoms with Crippen molar-refractivity contribution in [3.63, 3.8) is 0 Å². The number of fused-ring (bicyclic) bond motifs is 1. The molecule has 1 unspecified atom stereocenters. The number of Topliss-reactive ketones (excluding diaryl/α,β-unsaturated/α-hetero) is 1. The number of amides is 1. The number of rotatable bonds is 7. The molecular weight excluding hydrogens is 471 g/mol. The summed E-state index contributed by atoms with van der Waals surface area (Å²) in [6.07, 6.45) is -2.81. The number of ketones is 1. The highest BCUT2D eigenvalue weighted by Crippen LogP contribution is 2.31. The monoisotopic (exact) mass is 499 g/mol. The number of hydroxylamine groups is 2. The smallest absolute Gasteiger partial charge is 0.389 e. The van der Waals surface area contributed by atoms with Crippen LogP contribution in [-0.4, -0.2) is 75.9 Å². The molecule has 14 heteroatoms. The van der Waals surface area contributed by atoms with Gasteiger partial charge >= 0.3 is 6.18 Å². The molecule has 3 N–H and O–H groups in total. The van der Waals surface area contributed by atoms with Crippen molar-refractivity contribution in [3.05, 3.63) is 11.4 Å². The Morgan fingerprint density at radius 2 is 1.97 bits per heavy atom. The van der Waals surface area contributed by atoms with E-state index in [1.165, 1.54) is 0 Å². The molecule has 4 rings (SSSR count). The minimum Gasteiger partial charge on any atom is -0.626 e. The van der Waals surface area contributed by atoms with Gasteiger partial charge in [-0.3, -0.25) is 14.7 Å². The Balaban J connectivity index is 1.29. The number of nitrogens with one attached hydrogen (secondary N) is 3. The summed E-state index contributed by atoms with van der Waals surface area (Å²) in [6.45, 7) is 2.72. The Morgan fingerprint density at radius 1 is 1.26 bits per heavy atom. The van der Waals surface area contributed by atoms with Crippen molar-refractivity contribution < 1.29 is 27.5 Å². The van der Waals surface area contributed by atoms with Crippen molar-refractivity contribution in [3.8, 4) is 0 Å². The Bertz CT molecular complexity index is 1070. The number of nitrogens with zero attached hydrogens (tertiary/aromatic N) is 4. The summed E-state index contributed by atoms with van der Waals surface area (Å²) in [6, 6.07) is -0.260. The molecule has 1 saturated carbocycles. The summed E-state index contributed by atoms with van der Waals surface area (Å²) in [5.74, 6) is -1.32. The van der Waals surface area contributed by atoms with Crippen LogP contribution in [0.5, 0.6) is 0 Å². The van der Waals surface area contributed by atoms with Crippen LogP contribution in [0.25, 0.3) is 11.0 Å². The summed E-state index contributed by atoms with van der Waals surface area (Å²) in [5, 5.41) is 26.6. The van der Waals surface area contributed by atoms with Gasteiger partial charge in [-0.05, 0) is 32.6 Å². The second kappa shape index (κ2) is 10.0. The van der Waals surface area contributed by atoms with E-state index in [2.05, 4.69) is 30.8 Å². The highest BCUT2D eigenvalue weighted by atomic mass is 19.4. The standard InChI is InChI=1S/C21H28F3N7O4/c1-12-11-31(34,8-9-35-12)18-15-10-25-20(28-17(15)29-30-18)27-14-4-2-13(3-5-14)26-19(33)16(32)6-7-21(22,23)24/h10,12-14H,2-9,11H2,1H3,(H,26,33)(H2,25,27,28,29,30)/t12-,13?,14?,31?/m0/s1. The second-order valence-corrected chi connectivity index (χ2v) is 9.18. The molecule has 0 bridgehead atoms. The second-order valence-electron chi connectivity index (χ2n) is 9.18. The summed E-state index contributed by atoms with van der Waals surface area (Å²) >= 11 is 0. The molecule has 2 aromatic heterocycles. The first kappa shape index (κ1) is 25.3. The zero-order valence-electron chi connectivity index (χ0n) is 19.2. The van der Waals surface area contributed by atoms with E-state index in [0.717, 1.165) is 0 Å². The van der Waals surface area contributed by atoms with Crippen molar-refractivity contribution >= 4 is 34.5 Å². The topological polar surface area (TPSA) is 145 Å². The number of alkyl halides is 3. The third-order valence-corrected chi connectivity index (χ3v) is 6.37. The van der Waals surface area contributed by atoms with Gasteiger partial charge in [-0.1, -0.05) is 0 Å². The number of hydrogen-bond donors (Lipinski definition) is 3. The molecule has 1 aliphatic heterocycles. The number of quaternary nitrogens is 1. The van der Waals surface area contributed by atoms with Crippen LogP contribution in [-0.2, 0) is 14.3 Å². The largest absolute Gasteiger partial charge is 0.626 e. The van der Waals surface area contributed by atoms with Gasteiger partial charge in [0.05, 0.1) is 13.0 Å². The van der Waals surface area contributed by atoms with Gasteiger partial charge < -0.3 is 25.2 Å². The zero-order valence-corrected chi connectivity index (χ0v) is 19.2. The third kappa shape index (κ3) is 6.24. The fraction of sp³-hybridized carbons (Fsp3) is 0.667. The Hall–Kier alpha value is -2.84. The summed E-state index contributed by atoms with van der Waals surface area (Å²) in [7, 11) is 0. The van der Waals surface area contributed by atoms with E-state index >= 15 is 0 Å². The van der Waals surface area contributed by atoms with Crippen LogP contribution in [0.4, 0.5) is 24.9 Å². The Labute approximate surface area is 199 Å². The lowest BCUT2D eigenvalue weighted by molar-refractivity contribution is -0.148. The molecule has 1 amide bonds. The van der Waals surface area contributed by atoms with Gasteiger partial charge in [0.25, 0.3) is 11.7 Å². The number of aromatic amines is 1. The van der Waals surface area contributed by atoms with E-state index in [1.54, 1.807) is 6.20 Å². The number of halogens is 3. The molecule has 11 nitrogen and oxygen atoms in total. The van der Waals surface area contributed by atoms with Crippen LogP contribution in [0.1, 0.15) is 45.4 Å². The average Bonchev–Trinajstić information content (AvgIpc) is 3.22. The van der Waals surface area contributed by atoms with E-state index in [0.29, 0.717) is 55.1 Å². The van der Waals surface area contributed by atoms with Crippen LogP contribution in [0.3, 0.4) is 0 Å². The SMILES string of the molecule is C[C@H]1C[N+]([O-])(c2n[nH]c3nc(NC4CCC(NC(=O)C(=O)CCC(F)(F)F)CC4)ncc23)CCO1. The molecule has 0 radical (unpaired) electrons. The van der Waals surface area contributed by atoms with Gasteiger partial charge in [-0.2, -0.15) is 18.2 Å². The quantitative estimate of drug-likeness (QED) is 0.299. The highest BCUT2D eigenvalue weighted by Gasteiger charge is 2.33. The number of anilines is 1. The normalized spacial score (nSPS) is 27.5. The van der Waals surface area contributed by atoms with E-state index in [1.807, 2.05) is 6.92 Å². The zero-order chi connectivity index (χ0) is 25.2. The average molecular weight is 499 g/mol. The van der Waals surface area contributed by atoms with Gasteiger partial charge in [-0.25, -0.2) is 4.98 Å². The first-order valence-corrected chi connectivity index (χ1v) is 11.6. The Kier molecular flexibility index (Phi) is 7.24. The van der Waals surface area contributed by atoms with E-state index < -0.39 is 35.4 Å². The van der Waals surface area contributed by atoms with Crippen LogP contribution in [0, 0.1) is 5.21 Å². The molecule has 3 heterocycles. The fourth-order valence-electron chi connectivity index (χ4n) is 4.53. The van der Waals surface area contributed by atoms with Crippen molar-refractivity contribution in [2.45, 2.75) is 69.8 Å². The molecule has 1 saturated heterocycles.